The standard InChI is InChI=1S/C9H13NO/c1-2-10-7-8-3-5-9(11)6-4-8/h3-6,10-11H,2,7H2,1H3/p+1. The van der Waals surface area contributed by atoms with E-state index in [2.05, 4.69) is 12.2 Å². The molecule has 0 heterocycles. The lowest BCUT2D eigenvalue weighted by atomic mass is 10.2. The second-order valence-corrected chi connectivity index (χ2v) is 2.57. The average Bonchev–Trinajstić information content (AvgIpc) is 2.04. The molecule has 1 aromatic carbocycles. The van der Waals surface area contributed by atoms with Crippen molar-refractivity contribution in [2.75, 3.05) is 6.54 Å². The van der Waals surface area contributed by atoms with Crippen molar-refractivity contribution < 1.29 is 10.4 Å². The molecule has 2 nitrogen and oxygen atoms in total. The van der Waals surface area contributed by atoms with E-state index in [1.54, 1.807) is 12.1 Å². The fourth-order valence-electron chi connectivity index (χ4n) is 0.943. The number of benzene rings is 1. The molecule has 1 aromatic rings. The first-order valence-corrected chi connectivity index (χ1v) is 3.92. The predicted octanol–water partition coefficient (Wildman–Crippen LogP) is 0.475. The fraction of sp³-hybridized carbons (Fsp3) is 0.333. The fourth-order valence-corrected chi connectivity index (χ4v) is 0.943. The topological polar surface area (TPSA) is 36.8 Å². The molecule has 0 saturated carbocycles. The van der Waals surface area contributed by atoms with Gasteiger partial charge >= 0.3 is 0 Å². The highest BCUT2D eigenvalue weighted by atomic mass is 16.3. The molecule has 0 atom stereocenters. The van der Waals surface area contributed by atoms with E-state index in [0.29, 0.717) is 5.75 Å². The Balaban J connectivity index is 2.52. The van der Waals surface area contributed by atoms with Crippen LogP contribution in [-0.2, 0) is 6.54 Å². The minimum absolute atomic E-state index is 0.338. The van der Waals surface area contributed by atoms with E-state index in [9.17, 15) is 0 Å². The highest BCUT2D eigenvalue weighted by molar-refractivity contribution is 5.25. The lowest BCUT2D eigenvalue weighted by molar-refractivity contribution is -0.667. The third kappa shape index (κ3) is 2.60. The lowest BCUT2D eigenvalue weighted by Crippen LogP contribution is -2.81. The summed E-state index contributed by atoms with van der Waals surface area (Å²) < 4.78 is 0. The SMILES string of the molecule is CC[NH2+]Cc1ccc(O)cc1. The summed E-state index contributed by atoms with van der Waals surface area (Å²) in [5.41, 5.74) is 1.25. The molecule has 0 bridgehead atoms. The molecule has 0 aliphatic carbocycles. The zero-order valence-electron chi connectivity index (χ0n) is 6.75. The third-order valence-electron chi connectivity index (χ3n) is 1.61. The van der Waals surface area contributed by atoms with Gasteiger partial charge in [-0.3, -0.25) is 0 Å². The van der Waals surface area contributed by atoms with Gasteiger partial charge in [-0.2, -0.15) is 0 Å². The first-order chi connectivity index (χ1) is 5.33. The van der Waals surface area contributed by atoms with Gasteiger partial charge in [0.1, 0.15) is 12.3 Å². The van der Waals surface area contributed by atoms with Crippen LogP contribution in [0.4, 0.5) is 0 Å². The maximum atomic E-state index is 8.97. The highest BCUT2D eigenvalue weighted by Crippen LogP contribution is 2.07. The van der Waals surface area contributed by atoms with Crippen LogP contribution in [0.5, 0.6) is 5.75 Å². The predicted molar refractivity (Wildman–Crippen MR) is 44.3 cm³/mol. The molecule has 3 N–H and O–H groups in total. The van der Waals surface area contributed by atoms with Gasteiger partial charge in [0.2, 0.25) is 0 Å². The largest absolute Gasteiger partial charge is 0.508 e. The van der Waals surface area contributed by atoms with Crippen molar-refractivity contribution in [3.8, 4) is 5.75 Å². The van der Waals surface area contributed by atoms with Crippen molar-refractivity contribution in [2.45, 2.75) is 13.5 Å². The number of rotatable bonds is 3. The van der Waals surface area contributed by atoms with E-state index in [1.807, 2.05) is 12.1 Å². The molecular weight excluding hydrogens is 138 g/mol. The van der Waals surface area contributed by atoms with Gasteiger partial charge in [0.05, 0.1) is 6.54 Å². The van der Waals surface area contributed by atoms with Crippen LogP contribution in [0.3, 0.4) is 0 Å². The summed E-state index contributed by atoms with van der Waals surface area (Å²) in [5, 5.41) is 11.2. The van der Waals surface area contributed by atoms with Crippen LogP contribution < -0.4 is 5.32 Å². The van der Waals surface area contributed by atoms with E-state index in [4.69, 9.17) is 5.11 Å². The van der Waals surface area contributed by atoms with Crippen LogP contribution in [-0.4, -0.2) is 11.7 Å². The Kier molecular flexibility index (Phi) is 2.93. The molecule has 0 aromatic heterocycles. The van der Waals surface area contributed by atoms with Crippen LogP contribution in [0.25, 0.3) is 0 Å². The second kappa shape index (κ2) is 3.98. The number of quaternary nitrogens is 1. The van der Waals surface area contributed by atoms with Gasteiger partial charge in [0, 0.05) is 5.56 Å². The number of phenols is 1. The van der Waals surface area contributed by atoms with Gasteiger partial charge < -0.3 is 10.4 Å². The maximum absolute atomic E-state index is 8.97. The molecule has 0 aliphatic rings. The highest BCUT2D eigenvalue weighted by Gasteiger charge is 1.92. The Morgan fingerprint density at radius 1 is 1.27 bits per heavy atom. The minimum Gasteiger partial charge on any atom is -0.508 e. The number of hydrogen-bond donors (Lipinski definition) is 2. The molecule has 0 spiro atoms. The molecule has 11 heavy (non-hydrogen) atoms. The number of nitrogens with two attached hydrogens (primary N) is 1. The van der Waals surface area contributed by atoms with Crippen molar-refractivity contribution in [3.05, 3.63) is 29.8 Å². The zero-order valence-corrected chi connectivity index (χ0v) is 6.75. The van der Waals surface area contributed by atoms with Crippen LogP contribution >= 0.6 is 0 Å². The van der Waals surface area contributed by atoms with Gasteiger partial charge in [-0.15, -0.1) is 0 Å². The Hall–Kier alpha value is -1.02. The van der Waals surface area contributed by atoms with Gasteiger partial charge in [0.25, 0.3) is 0 Å². The van der Waals surface area contributed by atoms with Gasteiger partial charge in [0.15, 0.2) is 0 Å². The van der Waals surface area contributed by atoms with Crippen LogP contribution in [0, 0.1) is 0 Å². The maximum Gasteiger partial charge on any atom is 0.115 e. The first-order valence-electron chi connectivity index (χ1n) is 3.92. The van der Waals surface area contributed by atoms with Gasteiger partial charge in [-0.1, -0.05) is 0 Å². The Morgan fingerprint density at radius 3 is 2.45 bits per heavy atom. The van der Waals surface area contributed by atoms with E-state index < -0.39 is 0 Å². The average molecular weight is 152 g/mol. The second-order valence-electron chi connectivity index (χ2n) is 2.57. The monoisotopic (exact) mass is 152 g/mol. The lowest BCUT2D eigenvalue weighted by Gasteiger charge is -1.98. The molecule has 0 amide bonds. The quantitative estimate of drug-likeness (QED) is 0.649. The van der Waals surface area contributed by atoms with Crippen molar-refractivity contribution in [3.63, 3.8) is 0 Å². The summed E-state index contributed by atoms with van der Waals surface area (Å²) in [7, 11) is 0. The Labute approximate surface area is 66.9 Å². The normalized spacial score (nSPS) is 9.91. The zero-order chi connectivity index (χ0) is 8.10. The molecule has 1 rings (SSSR count). The van der Waals surface area contributed by atoms with Crippen LogP contribution in [0.2, 0.25) is 0 Å². The molecule has 0 radical (unpaired) electrons. The summed E-state index contributed by atoms with van der Waals surface area (Å²) in [6.45, 7) is 4.22. The smallest absolute Gasteiger partial charge is 0.115 e. The van der Waals surface area contributed by atoms with E-state index in [1.165, 1.54) is 5.56 Å². The van der Waals surface area contributed by atoms with E-state index in [-0.39, 0.29) is 0 Å². The molecular formula is C9H14NO+. The number of phenolic OH excluding ortho intramolecular Hbond substituents is 1. The number of hydrogen-bond acceptors (Lipinski definition) is 1. The van der Waals surface area contributed by atoms with Crippen LogP contribution in [0.1, 0.15) is 12.5 Å². The Morgan fingerprint density at radius 2 is 1.91 bits per heavy atom. The summed E-state index contributed by atoms with van der Waals surface area (Å²) >= 11 is 0. The van der Waals surface area contributed by atoms with E-state index in [0.717, 1.165) is 13.1 Å². The molecule has 0 saturated heterocycles. The third-order valence-corrected chi connectivity index (χ3v) is 1.61. The molecule has 0 fully saturated rings. The molecule has 60 valence electrons. The van der Waals surface area contributed by atoms with Gasteiger partial charge in [-0.25, -0.2) is 0 Å². The van der Waals surface area contributed by atoms with Crippen LogP contribution in [0.15, 0.2) is 24.3 Å². The Bertz CT molecular complexity index is 205. The van der Waals surface area contributed by atoms with Crippen molar-refractivity contribution in [1.82, 2.24) is 0 Å². The van der Waals surface area contributed by atoms with Crippen molar-refractivity contribution >= 4 is 0 Å². The van der Waals surface area contributed by atoms with Crippen molar-refractivity contribution in [1.29, 1.82) is 0 Å². The van der Waals surface area contributed by atoms with E-state index >= 15 is 0 Å². The summed E-state index contributed by atoms with van der Waals surface area (Å²) in [5.74, 6) is 0.338. The van der Waals surface area contributed by atoms with Crippen molar-refractivity contribution in [2.24, 2.45) is 0 Å². The summed E-state index contributed by atoms with van der Waals surface area (Å²) in [6.07, 6.45) is 0. The minimum atomic E-state index is 0.338. The molecule has 2 heteroatoms. The summed E-state index contributed by atoms with van der Waals surface area (Å²) in [4.78, 5) is 0. The first kappa shape index (κ1) is 8.08. The molecule has 0 aliphatic heterocycles. The molecule has 0 unspecified atom stereocenters. The summed E-state index contributed by atoms with van der Waals surface area (Å²) in [6, 6.07) is 7.33. The van der Waals surface area contributed by atoms with Gasteiger partial charge in [-0.05, 0) is 31.2 Å². The number of aromatic hydroxyl groups is 1.